The lowest BCUT2D eigenvalue weighted by molar-refractivity contribution is -0.135. The lowest BCUT2D eigenvalue weighted by Crippen LogP contribution is -2.40. The van der Waals surface area contributed by atoms with E-state index in [0.717, 1.165) is 25.9 Å². The molecule has 3 nitrogen and oxygen atoms in total. The Bertz CT molecular complexity index is 208. The molecule has 0 bridgehead atoms. The lowest BCUT2D eigenvalue weighted by atomic mass is 10.2. The standard InChI is InChI=1S/C12H21NO2/c1-2-3-4-5-6-7-12(14)13-8-10-15-11-9-13/h4-5H,2-3,6-11H2,1H3. The highest BCUT2D eigenvalue weighted by Gasteiger charge is 2.15. The summed E-state index contributed by atoms with van der Waals surface area (Å²) in [7, 11) is 0. The van der Waals surface area contributed by atoms with Gasteiger partial charge in [-0.1, -0.05) is 25.5 Å². The number of nitrogens with zero attached hydrogens (tertiary/aromatic N) is 1. The van der Waals surface area contributed by atoms with Crippen molar-refractivity contribution in [2.45, 2.75) is 32.6 Å². The highest BCUT2D eigenvalue weighted by atomic mass is 16.5. The van der Waals surface area contributed by atoms with Gasteiger partial charge in [0.1, 0.15) is 0 Å². The molecule has 0 atom stereocenters. The Morgan fingerprint density at radius 3 is 2.60 bits per heavy atom. The number of rotatable bonds is 5. The molecule has 0 aliphatic carbocycles. The topological polar surface area (TPSA) is 29.5 Å². The minimum atomic E-state index is 0.263. The first-order chi connectivity index (χ1) is 7.34. The molecule has 1 fully saturated rings. The summed E-state index contributed by atoms with van der Waals surface area (Å²) in [6, 6.07) is 0. The van der Waals surface area contributed by atoms with E-state index in [1.807, 2.05) is 4.90 Å². The van der Waals surface area contributed by atoms with Crippen LogP contribution in [0.5, 0.6) is 0 Å². The van der Waals surface area contributed by atoms with E-state index in [1.165, 1.54) is 6.42 Å². The molecule has 1 heterocycles. The molecule has 3 heteroatoms. The van der Waals surface area contributed by atoms with Gasteiger partial charge >= 0.3 is 0 Å². The number of hydrogen-bond acceptors (Lipinski definition) is 2. The predicted molar refractivity (Wildman–Crippen MR) is 60.7 cm³/mol. The molecule has 1 aliphatic heterocycles. The van der Waals surface area contributed by atoms with E-state index in [9.17, 15) is 4.79 Å². The number of amides is 1. The summed E-state index contributed by atoms with van der Waals surface area (Å²) in [6.07, 6.45) is 8.07. The number of carbonyl (C=O) groups excluding carboxylic acids is 1. The van der Waals surface area contributed by atoms with Gasteiger partial charge in [0.25, 0.3) is 0 Å². The zero-order valence-corrected chi connectivity index (χ0v) is 9.58. The SMILES string of the molecule is CCCC=CCCC(=O)N1CCOCC1. The number of hydrogen-bond donors (Lipinski definition) is 0. The molecule has 86 valence electrons. The smallest absolute Gasteiger partial charge is 0.223 e. The number of allylic oxidation sites excluding steroid dienone is 2. The van der Waals surface area contributed by atoms with Gasteiger partial charge in [0, 0.05) is 19.5 Å². The molecule has 0 aromatic heterocycles. The monoisotopic (exact) mass is 211 g/mol. The van der Waals surface area contributed by atoms with E-state index in [0.29, 0.717) is 19.6 Å². The second kappa shape index (κ2) is 7.46. The second-order valence-corrected chi connectivity index (χ2v) is 3.79. The van der Waals surface area contributed by atoms with E-state index >= 15 is 0 Å². The van der Waals surface area contributed by atoms with Crippen molar-refractivity contribution in [3.8, 4) is 0 Å². The molecular formula is C12H21NO2. The van der Waals surface area contributed by atoms with Crippen LogP contribution in [-0.4, -0.2) is 37.1 Å². The summed E-state index contributed by atoms with van der Waals surface area (Å²) < 4.78 is 5.20. The molecule has 0 aromatic carbocycles. The van der Waals surface area contributed by atoms with Crippen molar-refractivity contribution in [2.75, 3.05) is 26.3 Å². The molecule has 0 unspecified atom stereocenters. The second-order valence-electron chi connectivity index (χ2n) is 3.79. The first kappa shape index (κ1) is 12.2. The first-order valence-corrected chi connectivity index (χ1v) is 5.85. The third-order valence-electron chi connectivity index (χ3n) is 2.51. The number of unbranched alkanes of at least 4 members (excludes halogenated alkanes) is 1. The highest BCUT2D eigenvalue weighted by molar-refractivity contribution is 5.76. The van der Waals surface area contributed by atoms with E-state index in [4.69, 9.17) is 4.74 Å². The van der Waals surface area contributed by atoms with Gasteiger partial charge in [-0.15, -0.1) is 0 Å². The fourth-order valence-electron chi connectivity index (χ4n) is 1.58. The summed E-state index contributed by atoms with van der Waals surface area (Å²) in [5.74, 6) is 0.263. The molecule has 0 radical (unpaired) electrons. The van der Waals surface area contributed by atoms with Crippen molar-refractivity contribution in [1.82, 2.24) is 4.90 Å². The van der Waals surface area contributed by atoms with Crippen LogP contribution in [0.15, 0.2) is 12.2 Å². The van der Waals surface area contributed by atoms with Crippen LogP contribution in [-0.2, 0) is 9.53 Å². The lowest BCUT2D eigenvalue weighted by Gasteiger charge is -2.26. The maximum Gasteiger partial charge on any atom is 0.223 e. The van der Waals surface area contributed by atoms with Crippen molar-refractivity contribution in [2.24, 2.45) is 0 Å². The molecule has 0 saturated carbocycles. The minimum Gasteiger partial charge on any atom is -0.378 e. The molecule has 1 rings (SSSR count). The third-order valence-corrected chi connectivity index (χ3v) is 2.51. The van der Waals surface area contributed by atoms with Gasteiger partial charge in [0.2, 0.25) is 5.91 Å². The van der Waals surface area contributed by atoms with Crippen LogP contribution in [0.2, 0.25) is 0 Å². The van der Waals surface area contributed by atoms with Crippen molar-refractivity contribution < 1.29 is 9.53 Å². The van der Waals surface area contributed by atoms with Crippen LogP contribution in [0, 0.1) is 0 Å². The van der Waals surface area contributed by atoms with Crippen LogP contribution in [0.4, 0.5) is 0 Å². The maximum atomic E-state index is 11.7. The van der Waals surface area contributed by atoms with Gasteiger partial charge in [0.15, 0.2) is 0 Å². The summed E-state index contributed by atoms with van der Waals surface area (Å²) in [4.78, 5) is 13.6. The maximum absolute atomic E-state index is 11.7. The molecule has 15 heavy (non-hydrogen) atoms. The molecule has 1 aliphatic rings. The third kappa shape index (κ3) is 4.98. The van der Waals surface area contributed by atoms with Gasteiger partial charge in [0.05, 0.1) is 13.2 Å². The van der Waals surface area contributed by atoms with E-state index in [2.05, 4.69) is 19.1 Å². The zero-order valence-electron chi connectivity index (χ0n) is 9.58. The van der Waals surface area contributed by atoms with Crippen LogP contribution in [0.25, 0.3) is 0 Å². The van der Waals surface area contributed by atoms with Gasteiger partial charge in [-0.3, -0.25) is 4.79 Å². The van der Waals surface area contributed by atoms with Crippen LogP contribution < -0.4 is 0 Å². The molecule has 0 spiro atoms. The zero-order chi connectivity index (χ0) is 10.9. The van der Waals surface area contributed by atoms with Gasteiger partial charge in [-0.2, -0.15) is 0 Å². The number of morpholine rings is 1. The average Bonchev–Trinajstić information content (AvgIpc) is 2.30. The first-order valence-electron chi connectivity index (χ1n) is 5.85. The Hall–Kier alpha value is -0.830. The highest BCUT2D eigenvalue weighted by Crippen LogP contribution is 2.03. The van der Waals surface area contributed by atoms with Crippen molar-refractivity contribution in [3.05, 3.63) is 12.2 Å². The summed E-state index contributed by atoms with van der Waals surface area (Å²) in [6.45, 7) is 5.06. The van der Waals surface area contributed by atoms with E-state index in [-0.39, 0.29) is 5.91 Å². The Balaban J connectivity index is 2.11. The Kier molecular flexibility index (Phi) is 6.09. The Morgan fingerprint density at radius 2 is 1.93 bits per heavy atom. The molecule has 1 amide bonds. The summed E-state index contributed by atoms with van der Waals surface area (Å²) in [5.41, 5.74) is 0. The van der Waals surface area contributed by atoms with Crippen molar-refractivity contribution in [3.63, 3.8) is 0 Å². The van der Waals surface area contributed by atoms with Gasteiger partial charge in [-0.05, 0) is 12.8 Å². The number of ether oxygens (including phenoxy) is 1. The normalized spacial score (nSPS) is 17.3. The van der Waals surface area contributed by atoms with E-state index in [1.54, 1.807) is 0 Å². The van der Waals surface area contributed by atoms with Crippen LogP contribution >= 0.6 is 0 Å². The predicted octanol–water partition coefficient (Wildman–Crippen LogP) is 1.98. The largest absolute Gasteiger partial charge is 0.378 e. The quantitative estimate of drug-likeness (QED) is 0.651. The van der Waals surface area contributed by atoms with Crippen LogP contribution in [0.3, 0.4) is 0 Å². The fourth-order valence-corrected chi connectivity index (χ4v) is 1.58. The van der Waals surface area contributed by atoms with Gasteiger partial charge < -0.3 is 9.64 Å². The van der Waals surface area contributed by atoms with Crippen LogP contribution in [0.1, 0.15) is 32.6 Å². The van der Waals surface area contributed by atoms with Crippen molar-refractivity contribution >= 4 is 5.91 Å². The van der Waals surface area contributed by atoms with Gasteiger partial charge in [-0.25, -0.2) is 0 Å². The minimum absolute atomic E-state index is 0.263. The summed E-state index contributed by atoms with van der Waals surface area (Å²) >= 11 is 0. The fraction of sp³-hybridized carbons (Fsp3) is 0.750. The number of carbonyl (C=O) groups is 1. The average molecular weight is 211 g/mol. The van der Waals surface area contributed by atoms with E-state index < -0.39 is 0 Å². The molecule has 0 aromatic rings. The Morgan fingerprint density at radius 1 is 1.27 bits per heavy atom. The molecule has 0 N–H and O–H groups in total. The summed E-state index contributed by atoms with van der Waals surface area (Å²) in [5, 5.41) is 0. The molecular weight excluding hydrogens is 190 g/mol. The molecule has 1 saturated heterocycles. The Labute approximate surface area is 92.1 Å². The van der Waals surface area contributed by atoms with Crippen molar-refractivity contribution in [1.29, 1.82) is 0 Å².